The number of halogens is 1. The fourth-order valence-electron chi connectivity index (χ4n) is 2.77. The van der Waals surface area contributed by atoms with Crippen LogP contribution in [0.25, 0.3) is 6.08 Å². The molecule has 1 amide bonds. The highest BCUT2D eigenvalue weighted by molar-refractivity contribution is 14.1. The van der Waals surface area contributed by atoms with Gasteiger partial charge in [-0.25, -0.2) is 0 Å². The largest absolute Gasteiger partial charge is 0.490 e. The summed E-state index contributed by atoms with van der Waals surface area (Å²) < 4.78 is 12.2. The molecule has 0 aliphatic carbocycles. The lowest BCUT2D eigenvalue weighted by molar-refractivity contribution is -0.117. The van der Waals surface area contributed by atoms with E-state index in [0.29, 0.717) is 36.8 Å². The standard InChI is InChI=1S/C24H25IN2O3/c1-3-13-30-23-21(25)15-19(16-22(23)29-4-2)14-20(17-26)24(28)27-12-8-11-18-9-6-5-7-10-18/h3,5-7,9-10,14-16H,1,4,8,11-13H2,2H3,(H,27,28)/b20-14-. The summed E-state index contributed by atoms with van der Waals surface area (Å²) in [5.74, 6) is 0.807. The Bertz CT molecular complexity index is 933. The maximum atomic E-state index is 12.4. The van der Waals surface area contributed by atoms with Crippen LogP contribution in [0.2, 0.25) is 0 Å². The highest BCUT2D eigenvalue weighted by Crippen LogP contribution is 2.35. The molecule has 2 rings (SSSR count). The van der Waals surface area contributed by atoms with Crippen molar-refractivity contribution in [3.8, 4) is 17.6 Å². The van der Waals surface area contributed by atoms with Crippen LogP contribution in [0.15, 0.2) is 60.7 Å². The first kappa shape index (κ1) is 23.5. The molecule has 0 bridgehead atoms. The number of hydrogen-bond donors (Lipinski definition) is 1. The number of rotatable bonds is 11. The molecule has 0 heterocycles. The molecule has 2 aromatic carbocycles. The highest BCUT2D eigenvalue weighted by Gasteiger charge is 2.14. The minimum atomic E-state index is -0.384. The summed E-state index contributed by atoms with van der Waals surface area (Å²) in [6.07, 6.45) is 4.90. The SMILES string of the molecule is C=CCOc1c(I)cc(/C=C(/C#N)C(=O)NCCCc2ccccc2)cc1OCC. The van der Waals surface area contributed by atoms with Crippen molar-refractivity contribution < 1.29 is 14.3 Å². The van der Waals surface area contributed by atoms with Crippen LogP contribution in [0.4, 0.5) is 0 Å². The van der Waals surface area contributed by atoms with Crippen molar-refractivity contribution in [2.75, 3.05) is 19.8 Å². The van der Waals surface area contributed by atoms with E-state index in [1.807, 2.05) is 37.3 Å². The molecule has 156 valence electrons. The predicted octanol–water partition coefficient (Wildman–Crippen LogP) is 4.91. The van der Waals surface area contributed by atoms with Gasteiger partial charge in [0.05, 0.1) is 10.2 Å². The molecule has 6 heteroatoms. The number of carbonyl (C=O) groups excluding carboxylic acids is 1. The van der Waals surface area contributed by atoms with Gasteiger partial charge in [-0.3, -0.25) is 4.79 Å². The van der Waals surface area contributed by atoms with Gasteiger partial charge in [-0.2, -0.15) is 5.26 Å². The number of amides is 1. The van der Waals surface area contributed by atoms with Gasteiger partial charge in [0.1, 0.15) is 18.2 Å². The molecule has 0 aliphatic rings. The lowest BCUT2D eigenvalue weighted by Crippen LogP contribution is -2.25. The molecule has 0 spiro atoms. The molecular weight excluding hydrogens is 491 g/mol. The molecule has 0 radical (unpaired) electrons. The molecule has 0 aromatic heterocycles. The Kier molecular flexibility index (Phi) is 9.95. The Labute approximate surface area is 191 Å². The van der Waals surface area contributed by atoms with Crippen molar-refractivity contribution >= 4 is 34.6 Å². The van der Waals surface area contributed by atoms with E-state index in [0.717, 1.165) is 16.4 Å². The van der Waals surface area contributed by atoms with Gasteiger partial charge in [0.2, 0.25) is 0 Å². The van der Waals surface area contributed by atoms with E-state index < -0.39 is 0 Å². The number of aryl methyl sites for hydroxylation is 1. The van der Waals surface area contributed by atoms with Gasteiger partial charge in [0.15, 0.2) is 11.5 Å². The first-order valence-corrected chi connectivity index (χ1v) is 10.8. The minimum absolute atomic E-state index is 0.0488. The van der Waals surface area contributed by atoms with Gasteiger partial charge in [0.25, 0.3) is 5.91 Å². The molecule has 0 aliphatic heterocycles. The van der Waals surface area contributed by atoms with Crippen LogP contribution in [-0.4, -0.2) is 25.7 Å². The van der Waals surface area contributed by atoms with Crippen molar-refractivity contribution in [2.24, 2.45) is 0 Å². The van der Waals surface area contributed by atoms with Crippen LogP contribution in [0.3, 0.4) is 0 Å². The summed E-state index contributed by atoms with van der Waals surface area (Å²) in [6.45, 7) is 6.88. The van der Waals surface area contributed by atoms with Gasteiger partial charge >= 0.3 is 0 Å². The van der Waals surface area contributed by atoms with E-state index in [4.69, 9.17) is 9.47 Å². The molecule has 5 nitrogen and oxygen atoms in total. The monoisotopic (exact) mass is 516 g/mol. The number of benzene rings is 2. The van der Waals surface area contributed by atoms with Crippen LogP contribution in [-0.2, 0) is 11.2 Å². The smallest absolute Gasteiger partial charge is 0.261 e. The van der Waals surface area contributed by atoms with Gasteiger partial charge in [-0.1, -0.05) is 43.0 Å². The van der Waals surface area contributed by atoms with Crippen LogP contribution in [0, 0.1) is 14.9 Å². The molecule has 0 saturated heterocycles. The maximum absolute atomic E-state index is 12.4. The molecule has 0 saturated carbocycles. The van der Waals surface area contributed by atoms with Crippen molar-refractivity contribution in [3.05, 3.63) is 75.4 Å². The molecule has 0 atom stereocenters. The zero-order valence-corrected chi connectivity index (χ0v) is 19.1. The van der Waals surface area contributed by atoms with E-state index in [9.17, 15) is 10.1 Å². The van der Waals surface area contributed by atoms with Crippen LogP contribution < -0.4 is 14.8 Å². The Morgan fingerprint density at radius 3 is 2.70 bits per heavy atom. The molecule has 2 aromatic rings. The number of nitrogens with zero attached hydrogens (tertiary/aromatic N) is 1. The lowest BCUT2D eigenvalue weighted by atomic mass is 10.1. The quantitative estimate of drug-likeness (QED) is 0.152. The first-order valence-electron chi connectivity index (χ1n) is 9.73. The Morgan fingerprint density at radius 2 is 2.03 bits per heavy atom. The van der Waals surface area contributed by atoms with Gasteiger partial charge in [-0.15, -0.1) is 0 Å². The van der Waals surface area contributed by atoms with Gasteiger partial charge in [-0.05, 0) is 71.7 Å². The average molecular weight is 516 g/mol. The molecule has 0 fully saturated rings. The van der Waals surface area contributed by atoms with Crippen LogP contribution in [0.5, 0.6) is 11.5 Å². The van der Waals surface area contributed by atoms with Crippen molar-refractivity contribution in [2.45, 2.75) is 19.8 Å². The molecule has 30 heavy (non-hydrogen) atoms. The van der Waals surface area contributed by atoms with Crippen LogP contribution in [0.1, 0.15) is 24.5 Å². The predicted molar refractivity (Wildman–Crippen MR) is 127 cm³/mol. The third-order valence-electron chi connectivity index (χ3n) is 4.12. The summed E-state index contributed by atoms with van der Waals surface area (Å²) >= 11 is 2.15. The Balaban J connectivity index is 2.07. The number of nitriles is 1. The Morgan fingerprint density at radius 1 is 1.27 bits per heavy atom. The zero-order valence-electron chi connectivity index (χ0n) is 17.0. The van der Waals surface area contributed by atoms with Crippen molar-refractivity contribution in [1.82, 2.24) is 5.32 Å². The highest BCUT2D eigenvalue weighted by atomic mass is 127. The average Bonchev–Trinajstić information content (AvgIpc) is 2.75. The van der Waals surface area contributed by atoms with E-state index >= 15 is 0 Å². The fraction of sp³-hybridized carbons (Fsp3) is 0.250. The first-order chi connectivity index (χ1) is 14.6. The summed E-state index contributed by atoms with van der Waals surface area (Å²) in [7, 11) is 0. The molecule has 0 unspecified atom stereocenters. The fourth-order valence-corrected chi connectivity index (χ4v) is 3.55. The van der Waals surface area contributed by atoms with Gasteiger partial charge < -0.3 is 14.8 Å². The second kappa shape index (κ2) is 12.7. The van der Waals surface area contributed by atoms with Gasteiger partial charge in [0, 0.05) is 6.54 Å². The minimum Gasteiger partial charge on any atom is -0.490 e. The second-order valence-electron chi connectivity index (χ2n) is 6.38. The van der Waals surface area contributed by atoms with Crippen LogP contribution >= 0.6 is 22.6 Å². The topological polar surface area (TPSA) is 71.3 Å². The van der Waals surface area contributed by atoms with E-state index in [2.05, 4.69) is 46.6 Å². The summed E-state index contributed by atoms with van der Waals surface area (Å²) in [5.41, 5.74) is 1.97. The number of hydrogen-bond acceptors (Lipinski definition) is 4. The Hall–Kier alpha value is -2.79. The third kappa shape index (κ3) is 7.23. The summed E-state index contributed by atoms with van der Waals surface area (Å²) in [6, 6.07) is 15.7. The third-order valence-corrected chi connectivity index (χ3v) is 4.93. The number of nitrogens with one attached hydrogen (secondary N) is 1. The number of ether oxygens (including phenoxy) is 2. The van der Waals surface area contributed by atoms with Crippen molar-refractivity contribution in [3.63, 3.8) is 0 Å². The number of carbonyl (C=O) groups is 1. The zero-order chi connectivity index (χ0) is 21.8. The van der Waals surface area contributed by atoms with Crippen molar-refractivity contribution in [1.29, 1.82) is 5.26 Å². The summed E-state index contributed by atoms with van der Waals surface area (Å²) in [4.78, 5) is 12.4. The van der Waals surface area contributed by atoms with E-state index in [1.165, 1.54) is 5.56 Å². The maximum Gasteiger partial charge on any atom is 0.261 e. The summed E-state index contributed by atoms with van der Waals surface area (Å²) in [5, 5.41) is 12.3. The second-order valence-corrected chi connectivity index (χ2v) is 7.54. The molecule has 1 N–H and O–H groups in total. The lowest BCUT2D eigenvalue weighted by Gasteiger charge is -2.14. The van der Waals surface area contributed by atoms with E-state index in [-0.39, 0.29) is 11.5 Å². The van der Waals surface area contributed by atoms with E-state index in [1.54, 1.807) is 18.2 Å². The molecular formula is C24H25IN2O3. The normalized spacial score (nSPS) is 10.8.